The fourth-order valence-corrected chi connectivity index (χ4v) is 4.26. The minimum Gasteiger partial charge on any atom is -0.369 e. The van der Waals surface area contributed by atoms with Crippen LogP contribution in [0.2, 0.25) is 0 Å². The van der Waals surface area contributed by atoms with Gasteiger partial charge < -0.3 is 4.74 Å². The van der Waals surface area contributed by atoms with Gasteiger partial charge in [-0.1, -0.05) is 23.8 Å². The molecule has 2 fully saturated rings. The molecule has 0 aromatic rings. The number of carbonyl (C=O) groups excluding carboxylic acids is 1. The molecule has 2 spiro atoms. The zero-order valence-electron chi connectivity index (χ0n) is 9.37. The van der Waals surface area contributed by atoms with E-state index in [0.29, 0.717) is 11.7 Å². The van der Waals surface area contributed by atoms with Crippen LogP contribution in [0.25, 0.3) is 0 Å². The SMILES string of the molecule is O=C1CCCC2=CCC3CCOC34C=CC124. The number of hydrogen-bond acceptors (Lipinski definition) is 2. The highest BCUT2D eigenvalue weighted by atomic mass is 16.5. The van der Waals surface area contributed by atoms with Crippen molar-refractivity contribution in [1.82, 2.24) is 0 Å². The molecule has 3 unspecified atom stereocenters. The molecular weight excluding hydrogens is 200 g/mol. The Hall–Kier alpha value is -0.890. The Morgan fingerprint density at radius 1 is 1.31 bits per heavy atom. The van der Waals surface area contributed by atoms with E-state index in [1.165, 1.54) is 5.57 Å². The Balaban J connectivity index is 1.93. The van der Waals surface area contributed by atoms with E-state index >= 15 is 0 Å². The normalized spacial score (nSPS) is 48.9. The maximum absolute atomic E-state index is 12.4. The van der Waals surface area contributed by atoms with E-state index in [-0.39, 0.29) is 11.0 Å². The molecule has 0 N–H and O–H groups in total. The lowest BCUT2D eigenvalue weighted by molar-refractivity contribution is -0.145. The second kappa shape index (κ2) is 2.67. The smallest absolute Gasteiger partial charge is 0.150 e. The second-order valence-electron chi connectivity index (χ2n) is 5.51. The first kappa shape index (κ1) is 9.17. The van der Waals surface area contributed by atoms with Crippen LogP contribution in [0.1, 0.15) is 32.1 Å². The van der Waals surface area contributed by atoms with E-state index in [2.05, 4.69) is 18.2 Å². The highest BCUT2D eigenvalue weighted by molar-refractivity contribution is 5.95. The van der Waals surface area contributed by atoms with Crippen molar-refractivity contribution in [2.45, 2.75) is 37.7 Å². The third-order valence-corrected chi connectivity index (χ3v) is 5.06. The lowest BCUT2D eigenvalue weighted by atomic mass is 9.47. The Morgan fingerprint density at radius 2 is 2.25 bits per heavy atom. The van der Waals surface area contributed by atoms with Crippen LogP contribution in [0, 0.1) is 11.3 Å². The summed E-state index contributed by atoms with van der Waals surface area (Å²) in [5, 5.41) is 0. The average Bonchev–Trinajstić information content (AvgIpc) is 2.70. The first-order valence-corrected chi connectivity index (χ1v) is 6.37. The van der Waals surface area contributed by atoms with Crippen molar-refractivity contribution >= 4 is 5.78 Å². The summed E-state index contributed by atoms with van der Waals surface area (Å²) in [5.41, 5.74) is 0.795. The largest absolute Gasteiger partial charge is 0.369 e. The van der Waals surface area contributed by atoms with Gasteiger partial charge in [0.2, 0.25) is 0 Å². The van der Waals surface area contributed by atoms with Crippen LogP contribution in [-0.4, -0.2) is 18.0 Å². The minimum atomic E-state index is -0.329. The summed E-state index contributed by atoms with van der Waals surface area (Å²) in [7, 11) is 0. The number of allylic oxidation sites excluding steroid dienone is 1. The molecule has 3 atom stereocenters. The van der Waals surface area contributed by atoms with Crippen molar-refractivity contribution in [2.24, 2.45) is 11.3 Å². The Morgan fingerprint density at radius 3 is 3.06 bits per heavy atom. The number of carbonyl (C=O) groups is 1. The Labute approximate surface area is 95.4 Å². The first-order valence-electron chi connectivity index (χ1n) is 6.37. The van der Waals surface area contributed by atoms with Crippen LogP contribution in [0.5, 0.6) is 0 Å². The van der Waals surface area contributed by atoms with Gasteiger partial charge in [0.1, 0.15) is 16.8 Å². The molecule has 1 heterocycles. The molecule has 16 heavy (non-hydrogen) atoms. The number of rotatable bonds is 0. The van der Waals surface area contributed by atoms with Gasteiger partial charge in [-0.15, -0.1) is 0 Å². The third kappa shape index (κ3) is 0.736. The summed E-state index contributed by atoms with van der Waals surface area (Å²) in [4.78, 5) is 12.4. The summed E-state index contributed by atoms with van der Waals surface area (Å²) in [6, 6.07) is 0. The average molecular weight is 216 g/mol. The van der Waals surface area contributed by atoms with Crippen molar-refractivity contribution in [2.75, 3.05) is 6.61 Å². The maximum atomic E-state index is 12.4. The quantitative estimate of drug-likeness (QED) is 0.581. The molecule has 0 aromatic heterocycles. The summed E-state index contributed by atoms with van der Waals surface area (Å²) < 4.78 is 6.03. The van der Waals surface area contributed by atoms with E-state index in [1.54, 1.807) is 0 Å². The first-order chi connectivity index (χ1) is 7.80. The van der Waals surface area contributed by atoms with Crippen LogP contribution in [0.15, 0.2) is 23.8 Å². The number of ketones is 1. The van der Waals surface area contributed by atoms with Crippen LogP contribution in [0.4, 0.5) is 0 Å². The van der Waals surface area contributed by atoms with Crippen molar-refractivity contribution in [3.8, 4) is 0 Å². The molecule has 1 saturated carbocycles. The molecule has 1 saturated heterocycles. The van der Waals surface area contributed by atoms with Gasteiger partial charge >= 0.3 is 0 Å². The zero-order chi connectivity index (χ0) is 10.8. The lowest BCUT2D eigenvalue weighted by Crippen LogP contribution is -2.63. The van der Waals surface area contributed by atoms with Crippen LogP contribution in [0.3, 0.4) is 0 Å². The molecular formula is C14H16O2. The summed E-state index contributed by atoms with van der Waals surface area (Å²) in [5.74, 6) is 0.947. The highest BCUT2D eigenvalue weighted by Crippen LogP contribution is 2.64. The molecule has 4 rings (SSSR count). The summed E-state index contributed by atoms with van der Waals surface area (Å²) in [6.45, 7) is 0.825. The molecule has 1 aliphatic heterocycles. The van der Waals surface area contributed by atoms with Crippen molar-refractivity contribution < 1.29 is 9.53 Å². The Bertz CT molecular complexity index is 434. The highest BCUT2D eigenvalue weighted by Gasteiger charge is 2.68. The number of Topliss-reactive ketones (excluding diaryl/α,β-unsaturated/α-hetero) is 1. The zero-order valence-corrected chi connectivity index (χ0v) is 9.37. The predicted octanol–water partition coefficient (Wildman–Crippen LogP) is 2.40. The second-order valence-corrected chi connectivity index (χ2v) is 5.51. The summed E-state index contributed by atoms with van der Waals surface area (Å²) >= 11 is 0. The molecule has 2 heteroatoms. The van der Waals surface area contributed by atoms with Gasteiger partial charge in [-0.3, -0.25) is 4.79 Å². The number of hydrogen-bond donors (Lipinski definition) is 0. The van der Waals surface area contributed by atoms with Gasteiger partial charge in [0.15, 0.2) is 0 Å². The minimum absolute atomic E-state index is 0.228. The number of ether oxygens (including phenoxy) is 1. The van der Waals surface area contributed by atoms with Crippen molar-refractivity contribution in [3.63, 3.8) is 0 Å². The third-order valence-electron chi connectivity index (χ3n) is 5.06. The molecule has 0 bridgehead atoms. The van der Waals surface area contributed by atoms with Crippen LogP contribution < -0.4 is 0 Å². The molecule has 4 aliphatic rings. The van der Waals surface area contributed by atoms with E-state index in [4.69, 9.17) is 4.74 Å². The molecule has 0 amide bonds. The van der Waals surface area contributed by atoms with Gasteiger partial charge in [0.25, 0.3) is 0 Å². The molecule has 0 radical (unpaired) electrons. The van der Waals surface area contributed by atoms with E-state index in [0.717, 1.165) is 38.7 Å². The molecule has 0 aromatic carbocycles. The Kier molecular flexibility index (Phi) is 1.53. The standard InChI is InChI=1S/C14H16O2/c15-12-3-1-2-10-4-5-11-6-9-16-14(11)8-7-13(10,12)14/h4,7-8,11H,1-3,5-6,9H2. The van der Waals surface area contributed by atoms with E-state index in [9.17, 15) is 4.79 Å². The maximum Gasteiger partial charge on any atom is 0.150 e. The predicted molar refractivity (Wildman–Crippen MR) is 59.9 cm³/mol. The molecule has 3 aliphatic carbocycles. The van der Waals surface area contributed by atoms with Gasteiger partial charge in [0, 0.05) is 13.0 Å². The fourth-order valence-electron chi connectivity index (χ4n) is 4.26. The van der Waals surface area contributed by atoms with Crippen molar-refractivity contribution in [1.29, 1.82) is 0 Å². The fraction of sp³-hybridized carbons (Fsp3) is 0.643. The van der Waals surface area contributed by atoms with Crippen LogP contribution >= 0.6 is 0 Å². The van der Waals surface area contributed by atoms with Gasteiger partial charge in [-0.25, -0.2) is 0 Å². The summed E-state index contributed by atoms with van der Waals surface area (Å²) in [6.07, 6.45) is 11.7. The topological polar surface area (TPSA) is 26.3 Å². The van der Waals surface area contributed by atoms with Crippen LogP contribution in [-0.2, 0) is 9.53 Å². The van der Waals surface area contributed by atoms with Gasteiger partial charge in [-0.05, 0) is 31.6 Å². The van der Waals surface area contributed by atoms with Gasteiger partial charge in [-0.2, -0.15) is 0 Å². The van der Waals surface area contributed by atoms with E-state index in [1.807, 2.05) is 0 Å². The monoisotopic (exact) mass is 216 g/mol. The van der Waals surface area contributed by atoms with Gasteiger partial charge in [0.05, 0.1) is 0 Å². The lowest BCUT2D eigenvalue weighted by Gasteiger charge is -2.57. The molecule has 84 valence electrons. The van der Waals surface area contributed by atoms with Crippen molar-refractivity contribution in [3.05, 3.63) is 23.8 Å². The molecule has 2 nitrogen and oxygen atoms in total. The van der Waals surface area contributed by atoms with E-state index < -0.39 is 0 Å².